The minimum atomic E-state index is -0.352. The quantitative estimate of drug-likeness (QED) is 0.655. The van der Waals surface area contributed by atoms with Crippen molar-refractivity contribution in [1.82, 2.24) is 9.97 Å². The Morgan fingerprint density at radius 2 is 1.84 bits per heavy atom. The first-order valence-electron chi connectivity index (χ1n) is 7.76. The van der Waals surface area contributed by atoms with E-state index in [1.165, 1.54) is 0 Å². The summed E-state index contributed by atoms with van der Waals surface area (Å²) in [5.74, 6) is -0.0492. The fraction of sp³-hybridized carbons (Fsp3) is 0.176. The van der Waals surface area contributed by atoms with E-state index in [4.69, 9.17) is 23.2 Å². The molecule has 25 heavy (non-hydrogen) atoms. The SMILES string of the molecule is O=C1C(Nc2ccc3[nH]c(=O)[nH]c3c2)CCN1c1ccc(Cl)cc1Cl. The first kappa shape index (κ1) is 16.1. The van der Waals surface area contributed by atoms with E-state index in [9.17, 15) is 9.59 Å². The van der Waals surface area contributed by atoms with Crippen LogP contribution >= 0.6 is 23.2 Å². The molecule has 1 amide bonds. The van der Waals surface area contributed by atoms with Crippen LogP contribution in [-0.2, 0) is 4.79 Å². The summed E-state index contributed by atoms with van der Waals surface area (Å²) in [5.41, 5.74) is 2.59. The molecular weight excluding hydrogens is 363 g/mol. The molecule has 0 radical (unpaired) electrons. The van der Waals surface area contributed by atoms with Crippen LogP contribution in [0.5, 0.6) is 0 Å². The number of carbonyl (C=O) groups excluding carboxylic acids is 1. The summed E-state index contributed by atoms with van der Waals surface area (Å²) in [6.07, 6.45) is 0.652. The van der Waals surface area contributed by atoms with Gasteiger partial charge < -0.3 is 20.2 Å². The second-order valence-electron chi connectivity index (χ2n) is 5.91. The Morgan fingerprint density at radius 3 is 2.64 bits per heavy atom. The van der Waals surface area contributed by atoms with E-state index < -0.39 is 0 Å². The molecule has 3 aromatic rings. The summed E-state index contributed by atoms with van der Waals surface area (Å²) in [4.78, 5) is 31.1. The Kier molecular flexibility index (Phi) is 3.94. The number of imidazole rings is 1. The Bertz CT molecular complexity index is 1030. The maximum atomic E-state index is 12.7. The second-order valence-corrected chi connectivity index (χ2v) is 6.75. The van der Waals surface area contributed by atoms with Crippen LogP contribution in [0.25, 0.3) is 11.0 Å². The van der Waals surface area contributed by atoms with Gasteiger partial charge >= 0.3 is 5.69 Å². The number of nitrogens with one attached hydrogen (secondary N) is 3. The molecule has 3 N–H and O–H groups in total. The monoisotopic (exact) mass is 376 g/mol. The topological polar surface area (TPSA) is 81.0 Å². The highest BCUT2D eigenvalue weighted by molar-refractivity contribution is 6.36. The molecule has 6 nitrogen and oxygen atoms in total. The zero-order valence-electron chi connectivity index (χ0n) is 13.0. The molecular formula is C17H14Cl2N4O2. The van der Waals surface area contributed by atoms with Gasteiger partial charge in [-0.15, -0.1) is 0 Å². The highest BCUT2D eigenvalue weighted by Crippen LogP contribution is 2.32. The third-order valence-corrected chi connectivity index (χ3v) is 4.80. The number of benzene rings is 2. The van der Waals surface area contributed by atoms with Crippen LogP contribution in [-0.4, -0.2) is 28.5 Å². The van der Waals surface area contributed by atoms with Crippen LogP contribution in [0.1, 0.15) is 6.42 Å². The van der Waals surface area contributed by atoms with Crippen molar-refractivity contribution in [3.05, 3.63) is 56.9 Å². The molecule has 4 rings (SSSR count). The molecule has 1 fully saturated rings. The van der Waals surface area contributed by atoms with Crippen LogP contribution in [0.15, 0.2) is 41.2 Å². The van der Waals surface area contributed by atoms with Crippen LogP contribution in [0.4, 0.5) is 11.4 Å². The van der Waals surface area contributed by atoms with Gasteiger partial charge in [0.15, 0.2) is 0 Å². The molecule has 8 heteroatoms. The van der Waals surface area contributed by atoms with Crippen molar-refractivity contribution in [2.45, 2.75) is 12.5 Å². The number of halogens is 2. The number of fused-ring (bicyclic) bond motifs is 1. The van der Waals surface area contributed by atoms with Gasteiger partial charge in [-0.05, 0) is 42.8 Å². The maximum absolute atomic E-state index is 12.7. The van der Waals surface area contributed by atoms with Crippen LogP contribution in [0.2, 0.25) is 10.0 Å². The van der Waals surface area contributed by atoms with Crippen LogP contribution in [0.3, 0.4) is 0 Å². The summed E-state index contributed by atoms with van der Waals surface area (Å²) < 4.78 is 0. The van der Waals surface area contributed by atoms with Crippen molar-refractivity contribution < 1.29 is 4.79 Å². The number of aromatic nitrogens is 2. The number of nitrogens with zero attached hydrogens (tertiary/aromatic N) is 1. The highest BCUT2D eigenvalue weighted by Gasteiger charge is 2.33. The first-order chi connectivity index (χ1) is 12.0. The molecule has 1 aliphatic rings. The number of anilines is 2. The minimum Gasteiger partial charge on any atom is -0.374 e. The Balaban J connectivity index is 1.55. The van der Waals surface area contributed by atoms with Crippen molar-refractivity contribution >= 4 is 51.5 Å². The molecule has 1 aliphatic heterocycles. The lowest BCUT2D eigenvalue weighted by molar-refractivity contribution is -0.117. The van der Waals surface area contributed by atoms with Gasteiger partial charge in [0, 0.05) is 17.3 Å². The lowest BCUT2D eigenvalue weighted by atomic mass is 10.2. The minimum absolute atomic E-state index is 0.0492. The van der Waals surface area contributed by atoms with Gasteiger partial charge in [0.05, 0.1) is 21.7 Å². The van der Waals surface area contributed by atoms with E-state index in [2.05, 4.69) is 15.3 Å². The predicted molar refractivity (Wildman–Crippen MR) is 99.8 cm³/mol. The first-order valence-corrected chi connectivity index (χ1v) is 8.52. The molecule has 2 heterocycles. The molecule has 1 saturated heterocycles. The van der Waals surface area contributed by atoms with Crippen LogP contribution < -0.4 is 15.9 Å². The molecule has 0 saturated carbocycles. The highest BCUT2D eigenvalue weighted by atomic mass is 35.5. The van der Waals surface area contributed by atoms with Gasteiger partial charge in [-0.1, -0.05) is 23.2 Å². The van der Waals surface area contributed by atoms with E-state index in [1.54, 1.807) is 35.2 Å². The van der Waals surface area contributed by atoms with Crippen LogP contribution in [0, 0.1) is 0 Å². The third kappa shape index (κ3) is 2.99. The molecule has 0 spiro atoms. The number of amides is 1. The average Bonchev–Trinajstić information content (AvgIpc) is 3.10. The van der Waals surface area contributed by atoms with E-state index in [0.717, 1.165) is 11.2 Å². The van der Waals surface area contributed by atoms with E-state index >= 15 is 0 Å². The van der Waals surface area contributed by atoms with Crippen molar-refractivity contribution in [1.29, 1.82) is 0 Å². The van der Waals surface area contributed by atoms with Gasteiger partial charge in [0.2, 0.25) is 5.91 Å². The molecule has 2 aromatic carbocycles. The van der Waals surface area contributed by atoms with Gasteiger partial charge in [-0.25, -0.2) is 4.79 Å². The van der Waals surface area contributed by atoms with Gasteiger partial charge in [-0.2, -0.15) is 0 Å². The Labute approximate surface area is 152 Å². The van der Waals surface area contributed by atoms with Crippen molar-refractivity contribution in [3.63, 3.8) is 0 Å². The summed E-state index contributed by atoms with van der Waals surface area (Å²) in [6.45, 7) is 0.571. The fourth-order valence-electron chi connectivity index (χ4n) is 3.08. The number of rotatable bonds is 3. The Hall–Kier alpha value is -2.44. The predicted octanol–water partition coefficient (Wildman–Crippen LogP) is 3.38. The van der Waals surface area contributed by atoms with Gasteiger partial charge in [-0.3, -0.25) is 4.79 Å². The summed E-state index contributed by atoms with van der Waals surface area (Å²) in [6, 6.07) is 10.2. The molecule has 0 bridgehead atoms. The van der Waals surface area contributed by atoms with Crippen molar-refractivity contribution in [2.75, 3.05) is 16.8 Å². The zero-order chi connectivity index (χ0) is 17.6. The largest absolute Gasteiger partial charge is 0.374 e. The average molecular weight is 377 g/mol. The van der Waals surface area contributed by atoms with E-state index in [-0.39, 0.29) is 17.6 Å². The summed E-state index contributed by atoms with van der Waals surface area (Å²) >= 11 is 12.1. The second kappa shape index (κ2) is 6.13. The number of carbonyl (C=O) groups is 1. The lowest BCUT2D eigenvalue weighted by Gasteiger charge is -2.19. The normalized spacial score (nSPS) is 17.4. The molecule has 1 aromatic heterocycles. The van der Waals surface area contributed by atoms with Gasteiger partial charge in [0.1, 0.15) is 6.04 Å². The van der Waals surface area contributed by atoms with Crippen molar-refractivity contribution in [3.8, 4) is 0 Å². The number of hydrogen-bond acceptors (Lipinski definition) is 3. The van der Waals surface area contributed by atoms with E-state index in [1.807, 2.05) is 6.07 Å². The van der Waals surface area contributed by atoms with E-state index in [0.29, 0.717) is 34.2 Å². The summed E-state index contributed by atoms with van der Waals surface area (Å²) in [5, 5.41) is 4.21. The fourth-order valence-corrected chi connectivity index (χ4v) is 3.59. The summed E-state index contributed by atoms with van der Waals surface area (Å²) in [7, 11) is 0. The number of aromatic amines is 2. The molecule has 0 aliphatic carbocycles. The number of hydrogen-bond donors (Lipinski definition) is 3. The smallest absolute Gasteiger partial charge is 0.323 e. The van der Waals surface area contributed by atoms with Crippen molar-refractivity contribution in [2.24, 2.45) is 0 Å². The Morgan fingerprint density at radius 1 is 1.04 bits per heavy atom. The number of H-pyrrole nitrogens is 2. The third-order valence-electron chi connectivity index (χ3n) is 4.26. The van der Waals surface area contributed by atoms with Gasteiger partial charge in [0.25, 0.3) is 0 Å². The molecule has 1 unspecified atom stereocenters. The lowest BCUT2D eigenvalue weighted by Crippen LogP contribution is -2.33. The molecule has 128 valence electrons. The standard InChI is InChI=1S/C17H14Cl2N4O2/c18-9-1-4-15(11(19)7-9)23-6-5-13(16(23)24)20-10-2-3-12-14(8-10)22-17(25)21-12/h1-4,7-8,13,20H,5-6H2,(H2,21,22,25). The maximum Gasteiger partial charge on any atom is 0.323 e. The zero-order valence-corrected chi connectivity index (χ0v) is 14.5. The molecule has 1 atom stereocenters.